The van der Waals surface area contributed by atoms with E-state index in [1.165, 1.54) is 17.6 Å². The van der Waals surface area contributed by atoms with Crippen LogP contribution in [0, 0.1) is 0 Å². The zero-order valence-corrected chi connectivity index (χ0v) is 11.2. The number of hydrogen-bond donors (Lipinski definition) is 1. The van der Waals surface area contributed by atoms with Gasteiger partial charge in [-0.05, 0) is 46.5 Å². The van der Waals surface area contributed by atoms with Gasteiger partial charge in [-0.3, -0.25) is 0 Å². The molecule has 0 atom stereocenters. The van der Waals surface area contributed by atoms with Crippen molar-refractivity contribution < 1.29 is 5.11 Å². The molecule has 0 unspecified atom stereocenters. The number of aliphatic hydroxyl groups excluding tert-OH is 1. The molecule has 0 amide bonds. The summed E-state index contributed by atoms with van der Waals surface area (Å²) >= 11 is 0. The van der Waals surface area contributed by atoms with E-state index >= 15 is 0 Å². The Morgan fingerprint density at radius 3 is 1.88 bits per heavy atom. The van der Waals surface area contributed by atoms with Gasteiger partial charge in [0.05, 0.1) is 6.61 Å². The number of aliphatic hydroxyl groups is 1. The maximum Gasteiger partial charge on any atom is 0.0639 e. The van der Waals surface area contributed by atoms with Gasteiger partial charge in [-0.1, -0.05) is 41.9 Å². The highest BCUT2D eigenvalue weighted by molar-refractivity contribution is 5.08. The topological polar surface area (TPSA) is 20.2 Å². The molecule has 92 valence electrons. The van der Waals surface area contributed by atoms with Crippen LogP contribution < -0.4 is 0 Å². The Bertz CT molecular complexity index is 269. The van der Waals surface area contributed by atoms with Crippen molar-refractivity contribution in [2.45, 2.75) is 53.4 Å². The third-order valence-electron chi connectivity index (χ3n) is 2.65. The molecule has 0 saturated carbocycles. The first kappa shape index (κ1) is 15.2. The van der Waals surface area contributed by atoms with Crippen molar-refractivity contribution >= 4 is 0 Å². The van der Waals surface area contributed by atoms with E-state index in [-0.39, 0.29) is 6.61 Å². The van der Waals surface area contributed by atoms with Crippen LogP contribution in [0.5, 0.6) is 0 Å². The van der Waals surface area contributed by atoms with Gasteiger partial charge in [0.15, 0.2) is 0 Å². The molecule has 0 aliphatic heterocycles. The van der Waals surface area contributed by atoms with Gasteiger partial charge in [-0.25, -0.2) is 0 Å². The standard InChI is InChI=1S/C15H26O/c1-5-7-13(2)10-11-14(3)8-6-9-15(4)12-16/h7-9,16H,5-6,10-12H2,1-4H3. The summed E-state index contributed by atoms with van der Waals surface area (Å²) in [7, 11) is 0. The van der Waals surface area contributed by atoms with Gasteiger partial charge >= 0.3 is 0 Å². The summed E-state index contributed by atoms with van der Waals surface area (Å²) in [5.74, 6) is 0. The largest absolute Gasteiger partial charge is 0.392 e. The maximum atomic E-state index is 8.84. The van der Waals surface area contributed by atoms with Crippen LogP contribution in [0.3, 0.4) is 0 Å². The average Bonchev–Trinajstić information content (AvgIpc) is 2.26. The zero-order valence-electron chi connectivity index (χ0n) is 11.2. The first-order valence-corrected chi connectivity index (χ1v) is 6.17. The van der Waals surface area contributed by atoms with Crippen molar-refractivity contribution in [3.8, 4) is 0 Å². The number of allylic oxidation sites excluding steroid dienone is 5. The minimum absolute atomic E-state index is 0.172. The molecular formula is C15H26O. The molecule has 0 heterocycles. The van der Waals surface area contributed by atoms with Crippen molar-refractivity contribution in [2.24, 2.45) is 0 Å². The van der Waals surface area contributed by atoms with E-state index in [9.17, 15) is 0 Å². The van der Waals surface area contributed by atoms with E-state index in [0.717, 1.165) is 24.8 Å². The second-order valence-electron chi connectivity index (χ2n) is 4.45. The van der Waals surface area contributed by atoms with Gasteiger partial charge in [-0.15, -0.1) is 0 Å². The van der Waals surface area contributed by atoms with Crippen LogP contribution in [0.25, 0.3) is 0 Å². The lowest BCUT2D eigenvalue weighted by Crippen LogP contribution is -1.84. The normalized spacial score (nSPS) is 14.4. The minimum Gasteiger partial charge on any atom is -0.392 e. The Hall–Kier alpha value is -0.820. The molecule has 16 heavy (non-hydrogen) atoms. The molecule has 0 aliphatic carbocycles. The lowest BCUT2D eigenvalue weighted by molar-refractivity contribution is 0.331. The summed E-state index contributed by atoms with van der Waals surface area (Å²) in [6.07, 6.45) is 11.0. The van der Waals surface area contributed by atoms with Crippen LogP contribution in [0.4, 0.5) is 0 Å². The fraction of sp³-hybridized carbons (Fsp3) is 0.600. The molecule has 1 heteroatoms. The Morgan fingerprint density at radius 2 is 1.38 bits per heavy atom. The summed E-state index contributed by atoms with van der Waals surface area (Å²) in [6, 6.07) is 0. The van der Waals surface area contributed by atoms with E-state index in [2.05, 4.69) is 39.0 Å². The third kappa shape index (κ3) is 8.49. The highest BCUT2D eigenvalue weighted by atomic mass is 16.3. The van der Waals surface area contributed by atoms with Crippen LogP contribution >= 0.6 is 0 Å². The van der Waals surface area contributed by atoms with Crippen LogP contribution in [0.1, 0.15) is 53.4 Å². The molecule has 0 aromatic rings. The summed E-state index contributed by atoms with van der Waals surface area (Å²) in [6.45, 7) is 8.69. The van der Waals surface area contributed by atoms with Crippen LogP contribution in [-0.2, 0) is 0 Å². The molecule has 0 radical (unpaired) electrons. The molecule has 0 fully saturated rings. The van der Waals surface area contributed by atoms with Gasteiger partial charge in [0, 0.05) is 0 Å². The van der Waals surface area contributed by atoms with Crippen LogP contribution in [0.15, 0.2) is 34.9 Å². The van der Waals surface area contributed by atoms with Crippen molar-refractivity contribution in [1.29, 1.82) is 0 Å². The highest BCUT2D eigenvalue weighted by Crippen LogP contribution is 2.12. The van der Waals surface area contributed by atoms with Crippen molar-refractivity contribution in [2.75, 3.05) is 6.61 Å². The lowest BCUT2D eigenvalue weighted by atomic mass is 10.1. The van der Waals surface area contributed by atoms with E-state index in [4.69, 9.17) is 5.11 Å². The second kappa shape index (κ2) is 9.41. The van der Waals surface area contributed by atoms with Gasteiger partial charge in [0.2, 0.25) is 0 Å². The summed E-state index contributed by atoms with van der Waals surface area (Å²) in [5, 5.41) is 8.84. The Morgan fingerprint density at radius 1 is 0.875 bits per heavy atom. The fourth-order valence-electron chi connectivity index (χ4n) is 1.47. The second-order valence-corrected chi connectivity index (χ2v) is 4.45. The molecule has 0 aromatic heterocycles. The zero-order chi connectivity index (χ0) is 12.4. The van der Waals surface area contributed by atoms with Crippen molar-refractivity contribution in [3.05, 3.63) is 34.9 Å². The quantitative estimate of drug-likeness (QED) is 0.633. The predicted molar refractivity (Wildman–Crippen MR) is 72.5 cm³/mol. The Balaban J connectivity index is 3.93. The van der Waals surface area contributed by atoms with E-state index in [1.54, 1.807) is 0 Å². The molecule has 0 aromatic carbocycles. The molecule has 1 nitrogen and oxygen atoms in total. The summed E-state index contributed by atoms with van der Waals surface area (Å²) in [4.78, 5) is 0. The molecule has 1 N–H and O–H groups in total. The number of rotatable bonds is 7. The molecule has 0 aliphatic rings. The van der Waals surface area contributed by atoms with Gasteiger partial charge in [0.1, 0.15) is 0 Å². The van der Waals surface area contributed by atoms with Crippen LogP contribution in [0.2, 0.25) is 0 Å². The molecule has 0 spiro atoms. The van der Waals surface area contributed by atoms with Crippen molar-refractivity contribution in [1.82, 2.24) is 0 Å². The van der Waals surface area contributed by atoms with Gasteiger partial charge < -0.3 is 5.11 Å². The SMILES string of the molecule is CCC=C(C)CCC(C)=CCC=C(C)CO. The molecule has 0 bridgehead atoms. The Kier molecular flexibility index (Phi) is 8.93. The minimum atomic E-state index is 0.172. The van der Waals surface area contributed by atoms with E-state index in [0.29, 0.717) is 0 Å². The highest BCUT2D eigenvalue weighted by Gasteiger charge is 1.92. The molecular weight excluding hydrogens is 196 g/mol. The third-order valence-corrected chi connectivity index (χ3v) is 2.65. The van der Waals surface area contributed by atoms with E-state index in [1.807, 2.05) is 6.92 Å². The monoisotopic (exact) mass is 222 g/mol. The molecule has 0 rings (SSSR count). The van der Waals surface area contributed by atoms with Gasteiger partial charge in [-0.2, -0.15) is 0 Å². The fourth-order valence-corrected chi connectivity index (χ4v) is 1.47. The average molecular weight is 222 g/mol. The molecule has 0 saturated heterocycles. The summed E-state index contributed by atoms with van der Waals surface area (Å²) < 4.78 is 0. The lowest BCUT2D eigenvalue weighted by Gasteiger charge is -2.02. The maximum absolute atomic E-state index is 8.84. The predicted octanol–water partition coefficient (Wildman–Crippen LogP) is 4.40. The first-order chi connectivity index (χ1) is 7.60. The first-order valence-electron chi connectivity index (χ1n) is 6.17. The van der Waals surface area contributed by atoms with E-state index < -0.39 is 0 Å². The van der Waals surface area contributed by atoms with Gasteiger partial charge in [0.25, 0.3) is 0 Å². The van der Waals surface area contributed by atoms with Crippen LogP contribution in [-0.4, -0.2) is 11.7 Å². The van der Waals surface area contributed by atoms with Crippen molar-refractivity contribution in [3.63, 3.8) is 0 Å². The summed E-state index contributed by atoms with van der Waals surface area (Å²) in [5.41, 5.74) is 3.97. The Labute approximate surface area is 101 Å². The number of hydrogen-bond acceptors (Lipinski definition) is 1. The smallest absolute Gasteiger partial charge is 0.0639 e.